The van der Waals surface area contributed by atoms with Gasteiger partial charge in [0.2, 0.25) is 21.8 Å². The molecule has 4 rings (SSSR count). The molecule has 8 heteroatoms. The number of carbonyl (C=O) groups is 2. The number of nitrogens with one attached hydrogen (secondary N) is 1. The van der Waals surface area contributed by atoms with Gasteiger partial charge in [-0.25, -0.2) is 8.42 Å². The average Bonchev–Trinajstić information content (AvgIpc) is 3.17. The Bertz CT molecular complexity index is 1080. The lowest BCUT2D eigenvalue weighted by Crippen LogP contribution is -2.35. The molecular formula is C23H27N3O4S. The molecule has 0 aromatic heterocycles. The lowest BCUT2D eigenvalue weighted by molar-refractivity contribution is -0.122. The maximum atomic E-state index is 12.9. The second-order valence-electron chi connectivity index (χ2n) is 8.22. The van der Waals surface area contributed by atoms with Gasteiger partial charge in [0.1, 0.15) is 0 Å². The highest BCUT2D eigenvalue weighted by Gasteiger charge is 2.35. The lowest BCUT2D eigenvalue weighted by Gasteiger charge is -2.26. The van der Waals surface area contributed by atoms with E-state index in [0.717, 1.165) is 30.5 Å². The minimum absolute atomic E-state index is 0.0922. The van der Waals surface area contributed by atoms with E-state index in [2.05, 4.69) is 5.32 Å². The topological polar surface area (TPSA) is 86.8 Å². The first-order valence-corrected chi connectivity index (χ1v) is 12.1. The zero-order valence-corrected chi connectivity index (χ0v) is 18.4. The molecule has 2 heterocycles. The first-order chi connectivity index (χ1) is 14.8. The fourth-order valence-electron chi connectivity index (χ4n) is 4.09. The van der Waals surface area contributed by atoms with E-state index in [1.54, 1.807) is 23.1 Å². The predicted octanol–water partition coefficient (Wildman–Crippen LogP) is 3.16. The Balaban J connectivity index is 1.45. The highest BCUT2D eigenvalue weighted by Crippen LogP contribution is 2.27. The lowest BCUT2D eigenvalue weighted by atomic mass is 10.1. The van der Waals surface area contributed by atoms with Crippen molar-refractivity contribution in [2.75, 3.05) is 29.9 Å². The van der Waals surface area contributed by atoms with Crippen LogP contribution < -0.4 is 10.2 Å². The van der Waals surface area contributed by atoms with E-state index in [1.807, 2.05) is 31.2 Å². The number of nitrogens with zero attached hydrogens (tertiary/aromatic N) is 2. The first kappa shape index (κ1) is 21.5. The van der Waals surface area contributed by atoms with E-state index in [-0.39, 0.29) is 23.1 Å². The minimum atomic E-state index is -3.58. The van der Waals surface area contributed by atoms with Gasteiger partial charge in [-0.15, -0.1) is 0 Å². The Morgan fingerprint density at radius 3 is 2.45 bits per heavy atom. The molecule has 1 N–H and O–H groups in total. The third-order valence-electron chi connectivity index (χ3n) is 5.90. The van der Waals surface area contributed by atoms with Crippen LogP contribution in [0.4, 0.5) is 11.4 Å². The number of benzene rings is 2. The summed E-state index contributed by atoms with van der Waals surface area (Å²) >= 11 is 0. The van der Waals surface area contributed by atoms with Gasteiger partial charge in [0.05, 0.1) is 10.8 Å². The van der Waals surface area contributed by atoms with E-state index in [0.29, 0.717) is 25.3 Å². The van der Waals surface area contributed by atoms with Gasteiger partial charge in [-0.05, 0) is 50.1 Å². The molecule has 31 heavy (non-hydrogen) atoms. The van der Waals surface area contributed by atoms with Gasteiger partial charge in [0, 0.05) is 37.4 Å². The highest BCUT2D eigenvalue weighted by molar-refractivity contribution is 7.89. The summed E-state index contributed by atoms with van der Waals surface area (Å²) in [6.45, 7) is 3.33. The van der Waals surface area contributed by atoms with Gasteiger partial charge in [0.25, 0.3) is 0 Å². The summed E-state index contributed by atoms with van der Waals surface area (Å²) in [5, 5.41) is 2.80. The second-order valence-corrected chi connectivity index (χ2v) is 10.2. The van der Waals surface area contributed by atoms with Crippen LogP contribution >= 0.6 is 0 Å². The van der Waals surface area contributed by atoms with E-state index < -0.39 is 15.9 Å². The second kappa shape index (κ2) is 8.80. The number of sulfonamides is 1. The molecule has 2 aromatic carbocycles. The molecule has 1 atom stereocenters. The molecule has 2 saturated heterocycles. The molecular weight excluding hydrogens is 414 g/mol. The van der Waals surface area contributed by atoms with Crippen molar-refractivity contribution in [3.8, 4) is 0 Å². The van der Waals surface area contributed by atoms with Crippen molar-refractivity contribution in [3.63, 3.8) is 0 Å². The average molecular weight is 442 g/mol. The Morgan fingerprint density at radius 1 is 1.03 bits per heavy atom. The summed E-state index contributed by atoms with van der Waals surface area (Å²) in [6, 6.07) is 14.0. The fraction of sp³-hybridized carbons (Fsp3) is 0.391. The quantitative estimate of drug-likeness (QED) is 0.772. The molecule has 2 aliphatic rings. The van der Waals surface area contributed by atoms with Crippen LogP contribution in [0.5, 0.6) is 0 Å². The van der Waals surface area contributed by atoms with Crippen LogP contribution in [0.1, 0.15) is 31.2 Å². The van der Waals surface area contributed by atoms with Gasteiger partial charge >= 0.3 is 0 Å². The van der Waals surface area contributed by atoms with Crippen molar-refractivity contribution in [1.29, 1.82) is 0 Å². The molecule has 2 aromatic rings. The highest BCUT2D eigenvalue weighted by atomic mass is 32.2. The van der Waals surface area contributed by atoms with Crippen LogP contribution in [0.15, 0.2) is 53.4 Å². The normalized spacial score (nSPS) is 20.1. The number of hydrogen-bond acceptors (Lipinski definition) is 4. The molecule has 0 bridgehead atoms. The third-order valence-corrected chi connectivity index (χ3v) is 7.79. The van der Waals surface area contributed by atoms with Crippen LogP contribution in [-0.4, -0.2) is 44.2 Å². The standard InChI is InChI=1S/C23H27N3O4S/c1-17-8-10-20(11-9-17)26-16-18(14-22(26)27)23(28)24-19-6-5-7-21(15-19)31(29,30)25-12-3-2-4-13-25/h5-11,15,18H,2-4,12-14,16H2,1H3,(H,24,28). The predicted molar refractivity (Wildman–Crippen MR) is 119 cm³/mol. The van der Waals surface area contributed by atoms with E-state index >= 15 is 0 Å². The third kappa shape index (κ3) is 4.65. The molecule has 2 aliphatic heterocycles. The Labute approximate surface area is 183 Å². The van der Waals surface area contributed by atoms with Crippen molar-refractivity contribution >= 4 is 33.2 Å². The largest absolute Gasteiger partial charge is 0.326 e. The molecule has 0 spiro atoms. The summed E-state index contributed by atoms with van der Waals surface area (Å²) in [5.74, 6) is -0.864. The van der Waals surface area contributed by atoms with E-state index in [9.17, 15) is 18.0 Å². The Morgan fingerprint density at radius 2 is 1.74 bits per heavy atom. The van der Waals surface area contributed by atoms with Gasteiger partial charge < -0.3 is 10.2 Å². The van der Waals surface area contributed by atoms with Gasteiger partial charge in [0.15, 0.2) is 0 Å². The van der Waals surface area contributed by atoms with Gasteiger partial charge in [-0.1, -0.05) is 30.2 Å². The SMILES string of the molecule is Cc1ccc(N2CC(C(=O)Nc3cccc(S(=O)(=O)N4CCCCC4)c3)CC2=O)cc1. The monoisotopic (exact) mass is 441 g/mol. The van der Waals surface area contributed by atoms with Gasteiger partial charge in [-0.3, -0.25) is 9.59 Å². The minimum Gasteiger partial charge on any atom is -0.326 e. The van der Waals surface area contributed by atoms with Gasteiger partial charge in [-0.2, -0.15) is 4.31 Å². The Kier molecular flexibility index (Phi) is 6.11. The number of hydrogen-bond donors (Lipinski definition) is 1. The number of carbonyl (C=O) groups excluding carboxylic acids is 2. The summed E-state index contributed by atoms with van der Waals surface area (Å²) in [4.78, 5) is 27.1. The maximum absolute atomic E-state index is 12.9. The van der Waals surface area contributed by atoms with Crippen LogP contribution in [0.3, 0.4) is 0 Å². The number of amides is 2. The number of aryl methyl sites for hydroxylation is 1. The zero-order valence-electron chi connectivity index (χ0n) is 17.6. The molecule has 0 saturated carbocycles. The van der Waals surface area contributed by atoms with Crippen LogP contribution in [0.2, 0.25) is 0 Å². The summed E-state index contributed by atoms with van der Waals surface area (Å²) in [7, 11) is -3.58. The molecule has 2 fully saturated rings. The van der Waals surface area contributed by atoms with Crippen LogP contribution in [-0.2, 0) is 19.6 Å². The van der Waals surface area contributed by atoms with E-state index in [1.165, 1.54) is 10.4 Å². The van der Waals surface area contributed by atoms with E-state index in [4.69, 9.17) is 0 Å². The summed E-state index contributed by atoms with van der Waals surface area (Å²) in [6.07, 6.45) is 2.90. The molecule has 0 radical (unpaired) electrons. The van der Waals surface area contributed by atoms with Crippen molar-refractivity contribution < 1.29 is 18.0 Å². The molecule has 7 nitrogen and oxygen atoms in total. The smallest absolute Gasteiger partial charge is 0.243 e. The molecule has 0 aliphatic carbocycles. The molecule has 1 unspecified atom stereocenters. The van der Waals surface area contributed by atoms with Crippen LogP contribution in [0, 0.1) is 12.8 Å². The molecule has 164 valence electrons. The maximum Gasteiger partial charge on any atom is 0.243 e. The number of piperidine rings is 1. The Hall–Kier alpha value is -2.71. The first-order valence-electron chi connectivity index (χ1n) is 10.6. The van der Waals surface area contributed by atoms with Crippen molar-refractivity contribution in [2.45, 2.75) is 37.5 Å². The van der Waals surface area contributed by atoms with Crippen LogP contribution in [0.25, 0.3) is 0 Å². The molecule has 2 amide bonds. The fourth-order valence-corrected chi connectivity index (χ4v) is 5.65. The van der Waals surface area contributed by atoms with Crippen molar-refractivity contribution in [3.05, 3.63) is 54.1 Å². The van der Waals surface area contributed by atoms with Crippen molar-refractivity contribution in [1.82, 2.24) is 4.31 Å². The summed E-state index contributed by atoms with van der Waals surface area (Å²) in [5.41, 5.74) is 2.30. The number of rotatable bonds is 5. The summed E-state index contributed by atoms with van der Waals surface area (Å²) < 4.78 is 27.3. The van der Waals surface area contributed by atoms with Crippen molar-refractivity contribution in [2.24, 2.45) is 5.92 Å². The number of anilines is 2. The zero-order chi connectivity index (χ0) is 22.0.